The summed E-state index contributed by atoms with van der Waals surface area (Å²) in [5.41, 5.74) is 5.33. The van der Waals surface area contributed by atoms with Crippen LogP contribution in [0.2, 0.25) is 0 Å². The first-order valence-electron chi connectivity index (χ1n) is 3.64. The van der Waals surface area contributed by atoms with Crippen molar-refractivity contribution < 1.29 is 25.2 Å². The summed E-state index contributed by atoms with van der Waals surface area (Å²) in [6.45, 7) is -0.446. The molecule has 0 spiro atoms. The van der Waals surface area contributed by atoms with Crippen molar-refractivity contribution in [3.05, 3.63) is 0 Å². The molecule has 6 heteroatoms. The summed E-state index contributed by atoms with van der Waals surface area (Å²) in [5, 5.41) is 36.0. The minimum absolute atomic E-state index is 0.446. The third-order valence-electron chi connectivity index (χ3n) is 1.96. The summed E-state index contributed by atoms with van der Waals surface area (Å²) in [6, 6.07) is -0.995. The molecule has 5 atom stereocenters. The van der Waals surface area contributed by atoms with Crippen molar-refractivity contribution in [1.82, 2.24) is 0 Å². The maximum Gasteiger partial charge on any atom is 0.183 e. The fourth-order valence-electron chi connectivity index (χ4n) is 1.13. The molecule has 1 rings (SSSR count). The lowest BCUT2D eigenvalue weighted by molar-refractivity contribution is -0.258. The highest BCUT2D eigenvalue weighted by Crippen LogP contribution is 2.17. The van der Waals surface area contributed by atoms with E-state index < -0.39 is 37.3 Å². The molecule has 6 N–H and O–H groups in total. The predicted octanol–water partition coefficient (Wildman–Crippen LogP) is -3.25. The molecule has 0 aromatic carbocycles. The van der Waals surface area contributed by atoms with Gasteiger partial charge in [0.25, 0.3) is 0 Å². The van der Waals surface area contributed by atoms with Crippen molar-refractivity contribution in [3.8, 4) is 0 Å². The third-order valence-corrected chi connectivity index (χ3v) is 1.96. The van der Waals surface area contributed by atoms with E-state index in [2.05, 4.69) is 4.74 Å². The molecule has 1 saturated heterocycles. The molecule has 1 aliphatic rings. The molecule has 72 valence electrons. The second kappa shape index (κ2) is 3.65. The lowest BCUT2D eigenvalue weighted by Crippen LogP contribution is -2.62. The van der Waals surface area contributed by atoms with Crippen molar-refractivity contribution in [2.45, 2.75) is 30.6 Å². The van der Waals surface area contributed by atoms with Gasteiger partial charge in [0.15, 0.2) is 6.29 Å². The van der Waals surface area contributed by atoms with Gasteiger partial charge in [0, 0.05) is 0 Å². The number of nitrogens with two attached hydrogens (primary N) is 1. The topological polar surface area (TPSA) is 116 Å². The Morgan fingerprint density at radius 1 is 1.17 bits per heavy atom. The Balaban J connectivity index is 2.63. The Morgan fingerprint density at radius 3 is 2.25 bits per heavy atom. The van der Waals surface area contributed by atoms with E-state index in [1.165, 1.54) is 0 Å². The van der Waals surface area contributed by atoms with E-state index in [1.54, 1.807) is 0 Å². The van der Waals surface area contributed by atoms with Gasteiger partial charge in [0.2, 0.25) is 0 Å². The van der Waals surface area contributed by atoms with Crippen LogP contribution in [0.4, 0.5) is 0 Å². The van der Waals surface area contributed by atoms with Gasteiger partial charge in [-0.2, -0.15) is 0 Å². The van der Waals surface area contributed by atoms with Crippen LogP contribution < -0.4 is 5.73 Å². The molecule has 0 aromatic heterocycles. The Labute approximate surface area is 69.2 Å². The van der Waals surface area contributed by atoms with Crippen LogP contribution in [0, 0.1) is 0 Å². The second-order valence-corrected chi connectivity index (χ2v) is 2.81. The zero-order chi connectivity index (χ0) is 9.30. The monoisotopic (exact) mass is 179 g/mol. The first kappa shape index (κ1) is 9.85. The molecule has 0 amide bonds. The van der Waals surface area contributed by atoms with Crippen LogP contribution in [0.25, 0.3) is 0 Å². The Kier molecular flexibility index (Phi) is 2.99. The highest BCUT2D eigenvalue weighted by atomic mass is 16.6. The number of ether oxygens (including phenoxy) is 1. The summed E-state index contributed by atoms with van der Waals surface area (Å²) in [4.78, 5) is 0. The van der Waals surface area contributed by atoms with Gasteiger partial charge in [-0.1, -0.05) is 0 Å². The SMILES string of the molecule is N[C@@H]1C(O)C(CO)O[C@H](O)C1O. The molecule has 1 aliphatic heterocycles. The molecule has 0 aromatic rings. The largest absolute Gasteiger partial charge is 0.394 e. The number of aliphatic hydroxyl groups excluding tert-OH is 4. The van der Waals surface area contributed by atoms with Crippen LogP contribution >= 0.6 is 0 Å². The molecule has 12 heavy (non-hydrogen) atoms. The number of aliphatic hydroxyl groups is 4. The van der Waals surface area contributed by atoms with Gasteiger partial charge in [0.05, 0.1) is 12.6 Å². The zero-order valence-corrected chi connectivity index (χ0v) is 6.37. The van der Waals surface area contributed by atoms with Gasteiger partial charge >= 0.3 is 0 Å². The van der Waals surface area contributed by atoms with E-state index in [1.807, 2.05) is 0 Å². The lowest BCUT2D eigenvalue weighted by Gasteiger charge is -2.38. The van der Waals surface area contributed by atoms with Gasteiger partial charge in [-0.25, -0.2) is 0 Å². The normalized spacial score (nSPS) is 49.2. The maximum absolute atomic E-state index is 9.24. The third kappa shape index (κ3) is 1.58. The minimum Gasteiger partial charge on any atom is -0.394 e. The van der Waals surface area contributed by atoms with E-state index >= 15 is 0 Å². The van der Waals surface area contributed by atoms with Gasteiger partial charge in [-0.3, -0.25) is 0 Å². The van der Waals surface area contributed by atoms with Crippen molar-refractivity contribution in [3.63, 3.8) is 0 Å². The summed E-state index contributed by atoms with van der Waals surface area (Å²) < 4.78 is 4.66. The van der Waals surface area contributed by atoms with Gasteiger partial charge in [-0.15, -0.1) is 0 Å². The molecular weight excluding hydrogens is 166 g/mol. The first-order valence-corrected chi connectivity index (χ1v) is 3.64. The molecule has 0 aliphatic carbocycles. The Hall–Kier alpha value is -0.240. The molecule has 0 radical (unpaired) electrons. The first-order chi connectivity index (χ1) is 5.57. The lowest BCUT2D eigenvalue weighted by atomic mass is 9.97. The van der Waals surface area contributed by atoms with Crippen LogP contribution in [-0.2, 0) is 4.74 Å². The molecule has 1 heterocycles. The van der Waals surface area contributed by atoms with Crippen LogP contribution in [0.1, 0.15) is 0 Å². The molecule has 1 fully saturated rings. The smallest absolute Gasteiger partial charge is 0.183 e. The highest BCUT2D eigenvalue weighted by molar-refractivity contribution is 4.90. The fourth-order valence-corrected chi connectivity index (χ4v) is 1.13. The van der Waals surface area contributed by atoms with Crippen molar-refractivity contribution in [1.29, 1.82) is 0 Å². The molecular formula is C6H13NO5. The minimum atomic E-state index is -1.44. The van der Waals surface area contributed by atoms with E-state index in [9.17, 15) is 5.11 Å². The van der Waals surface area contributed by atoms with Crippen LogP contribution in [0.3, 0.4) is 0 Å². The Morgan fingerprint density at radius 2 is 1.75 bits per heavy atom. The quantitative estimate of drug-likeness (QED) is 0.288. The Bertz CT molecular complexity index is 150. The fraction of sp³-hybridized carbons (Fsp3) is 1.00. The maximum atomic E-state index is 9.24. The van der Waals surface area contributed by atoms with E-state index in [0.29, 0.717) is 0 Å². The van der Waals surface area contributed by atoms with Crippen molar-refractivity contribution in [2.24, 2.45) is 5.73 Å². The number of rotatable bonds is 1. The van der Waals surface area contributed by atoms with Gasteiger partial charge < -0.3 is 30.9 Å². The predicted molar refractivity (Wildman–Crippen MR) is 38.0 cm³/mol. The average molecular weight is 179 g/mol. The van der Waals surface area contributed by atoms with Crippen LogP contribution in [0.5, 0.6) is 0 Å². The molecule has 3 unspecified atom stereocenters. The molecule has 6 nitrogen and oxygen atoms in total. The van der Waals surface area contributed by atoms with Gasteiger partial charge in [-0.05, 0) is 0 Å². The average Bonchev–Trinajstić information content (AvgIpc) is 2.08. The number of hydrogen-bond donors (Lipinski definition) is 5. The van der Waals surface area contributed by atoms with Gasteiger partial charge in [0.1, 0.15) is 18.3 Å². The summed E-state index contributed by atoms with van der Waals surface area (Å²) >= 11 is 0. The standard InChI is InChI=1S/C6H13NO5/c7-3-4(9)2(1-8)12-6(11)5(3)10/h2-6,8-11H,1,7H2/t2?,3-,4?,5?,6+/m1/s1. The number of hydrogen-bond acceptors (Lipinski definition) is 6. The zero-order valence-electron chi connectivity index (χ0n) is 6.37. The van der Waals surface area contributed by atoms with E-state index in [0.717, 1.165) is 0 Å². The summed E-state index contributed by atoms with van der Waals surface area (Å²) in [7, 11) is 0. The second-order valence-electron chi connectivity index (χ2n) is 2.81. The van der Waals surface area contributed by atoms with Crippen molar-refractivity contribution >= 4 is 0 Å². The molecule has 0 bridgehead atoms. The van der Waals surface area contributed by atoms with E-state index in [-0.39, 0.29) is 0 Å². The highest BCUT2D eigenvalue weighted by Gasteiger charge is 2.41. The van der Waals surface area contributed by atoms with Crippen LogP contribution in [-0.4, -0.2) is 57.7 Å². The van der Waals surface area contributed by atoms with Crippen molar-refractivity contribution in [2.75, 3.05) is 6.61 Å². The molecule has 0 saturated carbocycles. The summed E-state index contributed by atoms with van der Waals surface area (Å²) in [5.74, 6) is 0. The van der Waals surface area contributed by atoms with Crippen LogP contribution in [0.15, 0.2) is 0 Å². The van der Waals surface area contributed by atoms with E-state index in [4.69, 9.17) is 21.1 Å². The summed E-state index contributed by atoms with van der Waals surface area (Å²) in [6.07, 6.45) is -4.85.